The summed E-state index contributed by atoms with van der Waals surface area (Å²) in [6.45, 7) is 3.81. The van der Waals surface area contributed by atoms with Crippen LogP contribution < -0.4 is 5.32 Å². The van der Waals surface area contributed by atoms with E-state index in [0.29, 0.717) is 6.42 Å². The van der Waals surface area contributed by atoms with Crippen molar-refractivity contribution in [1.29, 1.82) is 0 Å². The predicted molar refractivity (Wildman–Crippen MR) is 300 cm³/mol. The van der Waals surface area contributed by atoms with E-state index >= 15 is 0 Å². The molecule has 0 bridgehead atoms. The number of unbranched alkanes of at least 4 members (excludes halogenated alkanes) is 39. The van der Waals surface area contributed by atoms with E-state index in [1.807, 2.05) is 6.08 Å². The second-order valence-electron chi connectivity index (χ2n) is 21.5. The first-order chi connectivity index (χ1) is 34.8. The van der Waals surface area contributed by atoms with Crippen molar-refractivity contribution in [2.45, 2.75) is 339 Å². The van der Waals surface area contributed by atoms with Crippen LogP contribution in [0.15, 0.2) is 36.5 Å². The Morgan fingerprint density at radius 2 is 0.831 bits per heavy atom. The summed E-state index contributed by atoms with van der Waals surface area (Å²) < 4.78 is 11.3. The van der Waals surface area contributed by atoms with Crippen LogP contribution >= 0.6 is 0 Å². The number of allylic oxidation sites excluding steroid dienone is 5. The number of ether oxygens (including phenoxy) is 2. The standard InChI is InChI=1S/C62H117NO8/c1-3-5-7-9-11-13-15-17-19-21-23-25-27-28-30-32-34-36-38-40-42-44-46-48-50-52-58(66)63-55(54-70-62-61(69)60(68)59(67)57(53-64)71-62)56(65)51-49-47-45-43-41-39-37-35-33-31-29-26-24-22-20-18-16-14-12-10-8-6-4-2/h15,17,21,23,49,51,55-57,59-62,64-65,67-69H,3-14,16,18-20,22,24-48,50,52-54H2,1-2H3,(H,63,66)/b17-15-,23-21-,51-49+. The molecule has 1 rings (SSSR count). The molecule has 1 fully saturated rings. The third kappa shape index (κ3) is 41.4. The number of hydrogen-bond acceptors (Lipinski definition) is 8. The van der Waals surface area contributed by atoms with Gasteiger partial charge < -0.3 is 40.3 Å². The van der Waals surface area contributed by atoms with Gasteiger partial charge >= 0.3 is 0 Å². The predicted octanol–water partition coefficient (Wildman–Crippen LogP) is 15.5. The maximum Gasteiger partial charge on any atom is 0.220 e. The van der Waals surface area contributed by atoms with E-state index in [2.05, 4.69) is 43.5 Å². The number of hydrogen-bond donors (Lipinski definition) is 6. The van der Waals surface area contributed by atoms with Crippen LogP contribution in [0, 0.1) is 0 Å². The lowest BCUT2D eigenvalue weighted by molar-refractivity contribution is -0.302. The van der Waals surface area contributed by atoms with Crippen molar-refractivity contribution >= 4 is 5.91 Å². The minimum absolute atomic E-state index is 0.174. The zero-order valence-electron chi connectivity index (χ0n) is 46.5. The van der Waals surface area contributed by atoms with Crippen LogP contribution in [0.1, 0.15) is 296 Å². The summed E-state index contributed by atoms with van der Waals surface area (Å²) in [7, 11) is 0. The summed E-state index contributed by atoms with van der Waals surface area (Å²) in [4.78, 5) is 13.1. The lowest BCUT2D eigenvalue weighted by Gasteiger charge is -2.40. The Balaban J connectivity index is 2.20. The van der Waals surface area contributed by atoms with Crippen molar-refractivity contribution < 1.29 is 39.8 Å². The SMILES string of the molecule is CCCCCCC/C=C\C/C=C\CCCCCCCCCCCCCCCC(=O)NC(COC1OC(CO)C(O)C(O)C1O)C(O)/C=C/CCCCCCCCCCCCCCCCCCCCCCC. The van der Waals surface area contributed by atoms with E-state index < -0.39 is 49.5 Å². The van der Waals surface area contributed by atoms with Gasteiger partial charge in [0.15, 0.2) is 6.29 Å². The third-order valence-corrected chi connectivity index (χ3v) is 14.7. The Morgan fingerprint density at radius 3 is 1.21 bits per heavy atom. The van der Waals surface area contributed by atoms with Crippen molar-refractivity contribution in [2.24, 2.45) is 0 Å². The number of nitrogens with one attached hydrogen (secondary N) is 1. The number of carbonyl (C=O) groups is 1. The molecule has 6 N–H and O–H groups in total. The summed E-state index contributed by atoms with van der Waals surface area (Å²) in [5.74, 6) is -0.174. The van der Waals surface area contributed by atoms with Gasteiger partial charge in [-0.25, -0.2) is 0 Å². The molecule has 0 spiro atoms. The van der Waals surface area contributed by atoms with Gasteiger partial charge in [0.25, 0.3) is 0 Å². The van der Waals surface area contributed by atoms with Gasteiger partial charge in [0.1, 0.15) is 24.4 Å². The fourth-order valence-electron chi connectivity index (χ4n) is 9.84. The van der Waals surface area contributed by atoms with Gasteiger partial charge in [-0.1, -0.05) is 275 Å². The topological polar surface area (TPSA) is 149 Å². The zero-order chi connectivity index (χ0) is 51.5. The summed E-state index contributed by atoms with van der Waals surface area (Å²) in [5, 5.41) is 54.6. The van der Waals surface area contributed by atoms with E-state index in [0.717, 1.165) is 44.9 Å². The highest BCUT2D eigenvalue weighted by Crippen LogP contribution is 2.23. The molecule has 0 radical (unpaired) electrons. The fourth-order valence-corrected chi connectivity index (χ4v) is 9.84. The highest BCUT2D eigenvalue weighted by molar-refractivity contribution is 5.76. The number of aliphatic hydroxyl groups excluding tert-OH is 5. The van der Waals surface area contributed by atoms with Crippen LogP contribution in [0.4, 0.5) is 0 Å². The molecular formula is C62H117NO8. The number of aliphatic hydroxyl groups is 5. The molecule has 9 nitrogen and oxygen atoms in total. The largest absolute Gasteiger partial charge is 0.394 e. The van der Waals surface area contributed by atoms with Gasteiger partial charge in [-0.05, 0) is 51.4 Å². The smallest absolute Gasteiger partial charge is 0.220 e. The first-order valence-electron chi connectivity index (χ1n) is 30.7. The Hall–Kier alpha value is -1.59. The highest BCUT2D eigenvalue weighted by atomic mass is 16.7. The first kappa shape index (κ1) is 67.4. The second kappa shape index (κ2) is 51.9. The molecule has 7 unspecified atom stereocenters. The molecule has 0 aromatic rings. The van der Waals surface area contributed by atoms with Crippen molar-refractivity contribution in [3.63, 3.8) is 0 Å². The Bertz CT molecular complexity index is 1210. The molecule has 7 atom stereocenters. The van der Waals surface area contributed by atoms with E-state index in [4.69, 9.17) is 9.47 Å². The van der Waals surface area contributed by atoms with E-state index in [9.17, 15) is 30.3 Å². The lowest BCUT2D eigenvalue weighted by Crippen LogP contribution is -2.60. The molecule has 1 saturated heterocycles. The van der Waals surface area contributed by atoms with Crippen LogP contribution in [0.3, 0.4) is 0 Å². The molecular weight excluding hydrogens is 887 g/mol. The van der Waals surface area contributed by atoms with Crippen LogP contribution in [-0.2, 0) is 14.3 Å². The lowest BCUT2D eigenvalue weighted by atomic mass is 9.99. The maximum absolute atomic E-state index is 13.1. The van der Waals surface area contributed by atoms with Gasteiger partial charge in [-0.2, -0.15) is 0 Å². The maximum atomic E-state index is 13.1. The molecule has 418 valence electrons. The third-order valence-electron chi connectivity index (χ3n) is 14.7. The molecule has 9 heteroatoms. The van der Waals surface area contributed by atoms with Gasteiger partial charge in [0.2, 0.25) is 5.91 Å². The van der Waals surface area contributed by atoms with Crippen molar-refractivity contribution in [3.8, 4) is 0 Å². The Kier molecular flexibility index (Phi) is 49.3. The van der Waals surface area contributed by atoms with Gasteiger partial charge in [0, 0.05) is 6.42 Å². The average Bonchev–Trinajstić information content (AvgIpc) is 3.37. The zero-order valence-corrected chi connectivity index (χ0v) is 46.5. The summed E-state index contributed by atoms with van der Waals surface area (Å²) in [6.07, 6.45) is 60.7. The first-order valence-corrected chi connectivity index (χ1v) is 30.7. The molecule has 1 aliphatic rings. The van der Waals surface area contributed by atoms with Gasteiger partial charge in [-0.3, -0.25) is 4.79 Å². The van der Waals surface area contributed by atoms with Crippen molar-refractivity contribution in [3.05, 3.63) is 36.5 Å². The Labute approximate surface area is 438 Å². The normalized spacial score (nSPS) is 19.5. The Morgan fingerprint density at radius 1 is 0.479 bits per heavy atom. The van der Waals surface area contributed by atoms with E-state index in [-0.39, 0.29) is 12.5 Å². The molecule has 0 aromatic carbocycles. The molecule has 0 aromatic heterocycles. The van der Waals surface area contributed by atoms with Gasteiger partial charge in [0.05, 0.1) is 25.4 Å². The van der Waals surface area contributed by atoms with E-state index in [1.54, 1.807) is 6.08 Å². The molecule has 1 aliphatic heterocycles. The summed E-state index contributed by atoms with van der Waals surface area (Å²) >= 11 is 0. The number of amides is 1. The monoisotopic (exact) mass is 1000 g/mol. The van der Waals surface area contributed by atoms with Crippen molar-refractivity contribution in [1.82, 2.24) is 5.32 Å². The van der Waals surface area contributed by atoms with Crippen LogP contribution in [0.5, 0.6) is 0 Å². The van der Waals surface area contributed by atoms with E-state index in [1.165, 1.54) is 231 Å². The average molecular weight is 1000 g/mol. The fraction of sp³-hybridized carbons (Fsp3) is 0.887. The van der Waals surface area contributed by atoms with Crippen molar-refractivity contribution in [2.75, 3.05) is 13.2 Å². The highest BCUT2D eigenvalue weighted by Gasteiger charge is 2.44. The number of rotatable bonds is 53. The minimum atomic E-state index is -1.57. The molecule has 1 heterocycles. The van der Waals surface area contributed by atoms with Gasteiger partial charge in [-0.15, -0.1) is 0 Å². The van der Waals surface area contributed by atoms with Crippen LogP contribution in [0.2, 0.25) is 0 Å². The second-order valence-corrected chi connectivity index (χ2v) is 21.5. The molecule has 1 amide bonds. The number of carbonyl (C=O) groups excluding carboxylic acids is 1. The molecule has 0 saturated carbocycles. The molecule has 0 aliphatic carbocycles. The summed E-state index contributed by atoms with van der Waals surface area (Å²) in [5.41, 5.74) is 0. The van der Waals surface area contributed by atoms with Crippen LogP contribution in [0.25, 0.3) is 0 Å². The minimum Gasteiger partial charge on any atom is -0.394 e. The quantitative estimate of drug-likeness (QED) is 0.0261. The molecule has 71 heavy (non-hydrogen) atoms. The van der Waals surface area contributed by atoms with Crippen LogP contribution in [-0.4, -0.2) is 87.5 Å². The summed E-state index contributed by atoms with van der Waals surface area (Å²) in [6, 6.07) is -0.805.